The van der Waals surface area contributed by atoms with Gasteiger partial charge in [0.2, 0.25) is 0 Å². The second kappa shape index (κ2) is 7.40. The topological polar surface area (TPSA) is 80.0 Å². The number of nitrogens with zero attached hydrogens (tertiary/aromatic N) is 5. The zero-order chi connectivity index (χ0) is 20.7. The number of pyridine rings is 2. The number of fused-ring (bicyclic) bond motifs is 1. The first kappa shape index (κ1) is 18.5. The van der Waals surface area contributed by atoms with Crippen molar-refractivity contribution in [1.29, 1.82) is 0 Å². The van der Waals surface area contributed by atoms with E-state index in [4.69, 9.17) is 4.74 Å². The van der Waals surface area contributed by atoms with E-state index in [1.165, 1.54) is 11.1 Å². The molecule has 5 rings (SSSR count). The van der Waals surface area contributed by atoms with Gasteiger partial charge in [-0.05, 0) is 37.1 Å². The summed E-state index contributed by atoms with van der Waals surface area (Å²) in [4.78, 5) is 32.1. The van der Waals surface area contributed by atoms with Crippen molar-refractivity contribution in [2.75, 3.05) is 31.1 Å². The van der Waals surface area contributed by atoms with Crippen LogP contribution >= 0.6 is 0 Å². The van der Waals surface area contributed by atoms with E-state index in [2.05, 4.69) is 10.1 Å². The molecular weight excluding hydrogens is 389 g/mol. The predicted octanol–water partition coefficient (Wildman–Crippen LogP) is 2.93. The lowest BCUT2D eigenvalue weighted by molar-refractivity contribution is 0.0638. The number of cyclic esters (lactones) is 1. The van der Waals surface area contributed by atoms with E-state index in [1.807, 2.05) is 24.3 Å². The van der Waals surface area contributed by atoms with E-state index in [1.54, 1.807) is 21.7 Å². The number of carbonyl (C=O) groups is 2. The lowest BCUT2D eigenvalue weighted by Crippen LogP contribution is -2.40. The molecule has 2 saturated heterocycles. The van der Waals surface area contributed by atoms with Crippen LogP contribution in [0.2, 0.25) is 0 Å². The second-order valence-electron chi connectivity index (χ2n) is 7.43. The molecule has 30 heavy (non-hydrogen) atoms. The van der Waals surface area contributed by atoms with Gasteiger partial charge in [-0.3, -0.25) is 9.69 Å². The summed E-state index contributed by atoms with van der Waals surface area (Å²) >= 11 is 0. The van der Waals surface area contributed by atoms with Crippen LogP contribution in [0.1, 0.15) is 23.2 Å². The number of piperidine rings is 1. The number of carbonyl (C=O) groups excluding carboxylic acids is 2. The van der Waals surface area contributed by atoms with E-state index >= 15 is 0 Å². The molecule has 3 aromatic rings. The van der Waals surface area contributed by atoms with Gasteiger partial charge in [0, 0.05) is 18.3 Å². The zero-order valence-electron chi connectivity index (χ0n) is 16.2. The third-order valence-corrected chi connectivity index (χ3v) is 5.51. The average molecular weight is 409 g/mol. The van der Waals surface area contributed by atoms with Gasteiger partial charge < -0.3 is 9.64 Å². The van der Waals surface area contributed by atoms with Crippen molar-refractivity contribution >= 4 is 23.3 Å². The van der Waals surface area contributed by atoms with Crippen LogP contribution in [0.3, 0.4) is 0 Å². The van der Waals surface area contributed by atoms with Gasteiger partial charge in [-0.15, -0.1) is 0 Å². The molecule has 0 saturated carbocycles. The number of amides is 2. The number of aromatic nitrogens is 3. The van der Waals surface area contributed by atoms with E-state index in [0.717, 1.165) is 11.3 Å². The summed E-state index contributed by atoms with van der Waals surface area (Å²) < 4.78 is 20.4. The van der Waals surface area contributed by atoms with Crippen molar-refractivity contribution in [3.63, 3.8) is 0 Å². The summed E-state index contributed by atoms with van der Waals surface area (Å²) in [5, 5.41) is 4.40. The summed E-state index contributed by atoms with van der Waals surface area (Å²) in [5.41, 5.74) is 2.67. The Labute approximate surface area is 171 Å². The van der Waals surface area contributed by atoms with Gasteiger partial charge in [-0.25, -0.2) is 18.7 Å². The van der Waals surface area contributed by atoms with Crippen molar-refractivity contribution in [1.82, 2.24) is 19.5 Å². The molecule has 154 valence electrons. The van der Waals surface area contributed by atoms with E-state index in [-0.39, 0.29) is 12.5 Å². The molecule has 1 unspecified atom stereocenters. The summed E-state index contributed by atoms with van der Waals surface area (Å²) in [6.45, 7) is 1.51. The molecule has 2 amide bonds. The number of rotatable bonds is 3. The molecule has 2 aliphatic rings. The Hall–Kier alpha value is -3.49. The van der Waals surface area contributed by atoms with Crippen LogP contribution < -0.4 is 4.90 Å². The Bertz CT molecular complexity index is 1110. The molecule has 0 bridgehead atoms. The number of hydrogen-bond donors (Lipinski definition) is 0. The molecule has 9 heteroatoms. The van der Waals surface area contributed by atoms with Gasteiger partial charge in [0.1, 0.15) is 18.6 Å². The number of ether oxygens (including phenoxy) is 1. The van der Waals surface area contributed by atoms with Gasteiger partial charge in [-0.1, -0.05) is 6.07 Å². The summed E-state index contributed by atoms with van der Waals surface area (Å²) in [5.74, 6) is 0.321. The molecule has 2 fully saturated rings. The Morgan fingerprint density at radius 2 is 2.07 bits per heavy atom. The van der Waals surface area contributed by atoms with Gasteiger partial charge in [-0.2, -0.15) is 5.10 Å². The molecule has 0 aromatic carbocycles. The minimum atomic E-state index is -0.974. The van der Waals surface area contributed by atoms with Crippen molar-refractivity contribution in [3.8, 4) is 11.3 Å². The van der Waals surface area contributed by atoms with Crippen LogP contribution in [0.4, 0.5) is 15.0 Å². The molecule has 1 atom stereocenters. The van der Waals surface area contributed by atoms with Crippen LogP contribution in [-0.4, -0.2) is 63.9 Å². The summed E-state index contributed by atoms with van der Waals surface area (Å²) in [6.07, 6.45) is 2.99. The minimum Gasteiger partial charge on any atom is -0.447 e. The highest BCUT2D eigenvalue weighted by atomic mass is 19.1. The number of halogens is 1. The third-order valence-electron chi connectivity index (χ3n) is 5.51. The highest BCUT2D eigenvalue weighted by molar-refractivity contribution is 6.01. The Balaban J connectivity index is 1.46. The first-order valence-corrected chi connectivity index (χ1v) is 9.92. The van der Waals surface area contributed by atoms with Crippen LogP contribution in [0, 0.1) is 0 Å². The largest absolute Gasteiger partial charge is 0.447 e. The minimum absolute atomic E-state index is 0.125. The van der Waals surface area contributed by atoms with Crippen LogP contribution in [-0.2, 0) is 4.74 Å². The lowest BCUT2D eigenvalue weighted by atomic mass is 10.1. The van der Waals surface area contributed by atoms with E-state index in [9.17, 15) is 14.0 Å². The quantitative estimate of drug-likeness (QED) is 0.665. The van der Waals surface area contributed by atoms with Crippen molar-refractivity contribution < 1.29 is 18.7 Å². The van der Waals surface area contributed by atoms with Gasteiger partial charge >= 0.3 is 6.09 Å². The molecule has 0 radical (unpaired) electrons. The van der Waals surface area contributed by atoms with E-state index in [0.29, 0.717) is 49.4 Å². The standard InChI is InChI=1S/C21H20FN5O3/c22-15-3-2-8-25(13-15)20(28)16-12-24-27-17(4-1-5-18(16)27)14-6-7-19(23-11-14)26-9-10-30-21(26)29/h1,4-7,11-12,15H,2-3,8-10,13H2. The molecule has 0 aliphatic carbocycles. The fourth-order valence-electron chi connectivity index (χ4n) is 3.97. The van der Waals surface area contributed by atoms with Crippen LogP contribution in [0.5, 0.6) is 0 Å². The number of anilines is 1. The fraction of sp³-hybridized carbons (Fsp3) is 0.333. The number of likely N-dealkylation sites (tertiary alicyclic amines) is 1. The highest BCUT2D eigenvalue weighted by Crippen LogP contribution is 2.25. The number of hydrogen-bond acceptors (Lipinski definition) is 5. The van der Waals surface area contributed by atoms with Gasteiger partial charge in [0.15, 0.2) is 0 Å². The van der Waals surface area contributed by atoms with E-state index < -0.39 is 12.3 Å². The Morgan fingerprint density at radius 3 is 2.80 bits per heavy atom. The molecule has 5 heterocycles. The Morgan fingerprint density at radius 1 is 1.17 bits per heavy atom. The summed E-state index contributed by atoms with van der Waals surface area (Å²) in [6, 6.07) is 9.16. The monoisotopic (exact) mass is 409 g/mol. The Kier molecular flexibility index (Phi) is 4.57. The molecule has 3 aromatic heterocycles. The lowest BCUT2D eigenvalue weighted by Gasteiger charge is -2.28. The number of alkyl halides is 1. The van der Waals surface area contributed by atoms with Crippen molar-refractivity contribution in [3.05, 3.63) is 48.3 Å². The molecule has 0 spiro atoms. The highest BCUT2D eigenvalue weighted by Gasteiger charge is 2.27. The predicted molar refractivity (Wildman–Crippen MR) is 107 cm³/mol. The third kappa shape index (κ3) is 3.16. The average Bonchev–Trinajstić information content (AvgIpc) is 3.39. The second-order valence-corrected chi connectivity index (χ2v) is 7.43. The molecule has 2 aliphatic heterocycles. The fourth-order valence-corrected chi connectivity index (χ4v) is 3.97. The first-order chi connectivity index (χ1) is 14.6. The van der Waals surface area contributed by atoms with Gasteiger partial charge in [0.25, 0.3) is 5.91 Å². The van der Waals surface area contributed by atoms with Gasteiger partial charge in [0.05, 0.1) is 36.1 Å². The summed E-state index contributed by atoms with van der Waals surface area (Å²) in [7, 11) is 0. The van der Waals surface area contributed by atoms with Crippen LogP contribution in [0.15, 0.2) is 42.7 Å². The molecule has 8 nitrogen and oxygen atoms in total. The van der Waals surface area contributed by atoms with Crippen molar-refractivity contribution in [2.24, 2.45) is 0 Å². The maximum atomic E-state index is 13.7. The molecule has 0 N–H and O–H groups in total. The maximum Gasteiger partial charge on any atom is 0.415 e. The normalized spacial score (nSPS) is 19.4. The van der Waals surface area contributed by atoms with Crippen LogP contribution in [0.25, 0.3) is 16.8 Å². The smallest absolute Gasteiger partial charge is 0.415 e. The maximum absolute atomic E-state index is 13.7. The van der Waals surface area contributed by atoms with Crippen molar-refractivity contribution in [2.45, 2.75) is 19.0 Å². The SMILES string of the molecule is O=C(c1cnn2c(-c3ccc(N4CCOC4=O)nc3)cccc12)N1CCCC(F)C1. The zero-order valence-corrected chi connectivity index (χ0v) is 16.2. The first-order valence-electron chi connectivity index (χ1n) is 9.92. The molecular formula is C21H20FN5O3.